The largest absolute Gasteiger partial charge is 0.380 e. The minimum atomic E-state index is 0.314. The van der Waals surface area contributed by atoms with Crippen LogP contribution < -0.4 is 11.1 Å². The van der Waals surface area contributed by atoms with E-state index in [1.54, 1.807) is 17.4 Å². The number of nitrogens with one attached hydrogen (secondary N) is 1. The molecule has 150 valence electrons. The first-order valence-electron chi connectivity index (χ1n) is 9.25. The van der Waals surface area contributed by atoms with Gasteiger partial charge in [-0.1, -0.05) is 31.5 Å². The zero-order chi connectivity index (χ0) is 20.4. The summed E-state index contributed by atoms with van der Waals surface area (Å²) in [7, 11) is 0. The average molecular weight is 437 g/mol. The van der Waals surface area contributed by atoms with Crippen LogP contribution in [0.1, 0.15) is 37.1 Å². The molecule has 1 saturated heterocycles. The monoisotopic (exact) mass is 436 g/mol. The number of anilines is 1. The molecule has 8 heteroatoms. The van der Waals surface area contributed by atoms with Gasteiger partial charge in [-0.15, -0.1) is 22.7 Å². The van der Waals surface area contributed by atoms with Crippen LogP contribution in [0.3, 0.4) is 0 Å². The number of fused-ring (bicyclic) bond motifs is 1. The van der Waals surface area contributed by atoms with Crippen molar-refractivity contribution >= 4 is 50.2 Å². The molecule has 1 aliphatic heterocycles. The van der Waals surface area contributed by atoms with Crippen LogP contribution >= 0.6 is 34.3 Å². The number of hydrogen-bond donors (Lipinski definition) is 2. The van der Waals surface area contributed by atoms with E-state index in [9.17, 15) is 0 Å². The normalized spacial score (nSPS) is 15.6. The number of halogens is 1. The van der Waals surface area contributed by atoms with Gasteiger partial charge in [0.1, 0.15) is 16.7 Å². The number of nitriles is 1. The molecular weight excluding hydrogens is 412 g/mol. The maximum atomic E-state index is 9.04. The lowest BCUT2D eigenvalue weighted by atomic mass is 10.1. The van der Waals surface area contributed by atoms with E-state index >= 15 is 0 Å². The van der Waals surface area contributed by atoms with Crippen molar-refractivity contribution in [1.82, 2.24) is 4.98 Å². The van der Waals surface area contributed by atoms with E-state index in [-0.39, 0.29) is 0 Å². The van der Waals surface area contributed by atoms with Gasteiger partial charge in [0.05, 0.1) is 22.6 Å². The summed E-state index contributed by atoms with van der Waals surface area (Å²) in [6, 6.07) is 8.35. The van der Waals surface area contributed by atoms with Gasteiger partial charge in [-0.3, -0.25) is 0 Å². The highest BCUT2D eigenvalue weighted by Crippen LogP contribution is 2.33. The Labute approximate surface area is 179 Å². The van der Waals surface area contributed by atoms with Crippen molar-refractivity contribution < 1.29 is 4.74 Å². The second-order valence-electron chi connectivity index (χ2n) is 5.84. The van der Waals surface area contributed by atoms with Gasteiger partial charge < -0.3 is 15.8 Å². The van der Waals surface area contributed by atoms with Crippen LogP contribution in [0.15, 0.2) is 29.0 Å². The summed E-state index contributed by atoms with van der Waals surface area (Å²) in [5.74, 6) is 0. The van der Waals surface area contributed by atoms with Gasteiger partial charge in [0.25, 0.3) is 0 Å². The fraction of sp³-hybridized carbons (Fsp3) is 0.400. The Morgan fingerprint density at radius 2 is 2.25 bits per heavy atom. The number of hydrogen-bond acceptors (Lipinski definition) is 7. The summed E-state index contributed by atoms with van der Waals surface area (Å²) < 4.78 is 6.03. The maximum absolute atomic E-state index is 9.04. The van der Waals surface area contributed by atoms with Gasteiger partial charge in [0.15, 0.2) is 0 Å². The highest BCUT2D eigenvalue weighted by molar-refractivity contribution is 7.18. The lowest BCUT2D eigenvalue weighted by Crippen LogP contribution is -2.30. The molecule has 3 N–H and O–H groups in total. The second kappa shape index (κ2) is 12.0. The van der Waals surface area contributed by atoms with Crippen molar-refractivity contribution in [3.05, 3.63) is 44.6 Å². The Kier molecular flexibility index (Phi) is 9.68. The number of thiophene rings is 2. The molecule has 3 aromatic rings. The smallest absolute Gasteiger partial charge is 0.131 e. The predicted molar refractivity (Wildman–Crippen MR) is 120 cm³/mol. The molecule has 0 amide bonds. The van der Waals surface area contributed by atoms with Gasteiger partial charge in [0.2, 0.25) is 0 Å². The van der Waals surface area contributed by atoms with E-state index in [4.69, 9.17) is 27.3 Å². The van der Waals surface area contributed by atoms with Gasteiger partial charge in [0, 0.05) is 35.5 Å². The number of nitrogens with zero attached hydrogens (tertiary/aromatic N) is 2. The van der Waals surface area contributed by atoms with Crippen molar-refractivity contribution in [3.63, 3.8) is 0 Å². The molecule has 28 heavy (non-hydrogen) atoms. The zero-order valence-corrected chi connectivity index (χ0v) is 18.5. The van der Waals surface area contributed by atoms with Crippen molar-refractivity contribution in [2.75, 3.05) is 18.5 Å². The molecule has 0 spiro atoms. The summed E-state index contributed by atoms with van der Waals surface area (Å²) in [6.45, 7) is 6.42. The molecule has 3 aromatic heterocycles. The van der Waals surface area contributed by atoms with Crippen LogP contribution in [0, 0.1) is 11.3 Å². The first kappa shape index (κ1) is 22.6. The molecule has 1 fully saturated rings. The third kappa shape index (κ3) is 6.43. The highest BCUT2D eigenvalue weighted by atomic mass is 35.5. The van der Waals surface area contributed by atoms with E-state index in [2.05, 4.69) is 22.4 Å². The van der Waals surface area contributed by atoms with E-state index in [0.29, 0.717) is 22.3 Å². The first-order valence-corrected chi connectivity index (χ1v) is 11.4. The SMILES string of the molecule is CC.N#Cc1csc2c(NCc3cccs3)cc(Cl)nc12.N[C@@H]1CCCOC1. The van der Waals surface area contributed by atoms with Crippen molar-refractivity contribution in [2.24, 2.45) is 5.73 Å². The third-order valence-electron chi connectivity index (χ3n) is 3.84. The molecule has 0 aromatic carbocycles. The number of rotatable bonds is 3. The molecule has 0 saturated carbocycles. The van der Waals surface area contributed by atoms with Crippen LogP contribution in [-0.2, 0) is 11.3 Å². The number of pyridine rings is 1. The summed E-state index contributed by atoms with van der Waals surface area (Å²) in [5, 5.41) is 16.7. The molecular formula is C20H25ClN4OS2. The van der Waals surface area contributed by atoms with Crippen molar-refractivity contribution in [1.29, 1.82) is 5.26 Å². The Hall–Kier alpha value is -1.69. The maximum Gasteiger partial charge on any atom is 0.131 e. The van der Waals surface area contributed by atoms with Crippen molar-refractivity contribution in [2.45, 2.75) is 39.3 Å². The third-order valence-corrected chi connectivity index (χ3v) is 5.91. The topological polar surface area (TPSA) is 84.0 Å². The fourth-order valence-electron chi connectivity index (χ4n) is 2.55. The second-order valence-corrected chi connectivity index (χ2v) is 8.14. The lowest BCUT2D eigenvalue weighted by molar-refractivity contribution is 0.0822. The molecule has 4 heterocycles. The van der Waals surface area contributed by atoms with Crippen LogP contribution in [0.5, 0.6) is 0 Å². The van der Waals surface area contributed by atoms with Crippen LogP contribution in [0.4, 0.5) is 5.69 Å². The van der Waals surface area contributed by atoms with Gasteiger partial charge in [-0.2, -0.15) is 5.26 Å². The van der Waals surface area contributed by atoms with Gasteiger partial charge >= 0.3 is 0 Å². The fourth-order valence-corrected chi connectivity index (χ4v) is 4.31. The lowest BCUT2D eigenvalue weighted by Gasteiger charge is -2.16. The Morgan fingerprint density at radius 3 is 2.82 bits per heavy atom. The van der Waals surface area contributed by atoms with E-state index < -0.39 is 0 Å². The molecule has 0 bridgehead atoms. The van der Waals surface area contributed by atoms with E-state index in [1.807, 2.05) is 30.7 Å². The summed E-state index contributed by atoms with van der Waals surface area (Å²) in [5.41, 5.74) is 7.68. The Bertz CT molecular complexity index is 884. The quantitative estimate of drug-likeness (QED) is 0.518. The molecule has 1 aliphatic rings. The standard InChI is InChI=1S/C13H8ClN3S2.C5H11NO.C2H6/c14-11-4-10(16-6-9-2-1-3-18-9)13-12(17-11)8(5-15)7-19-13;6-5-2-1-3-7-4-5;1-2/h1-4,7H,6H2,(H,16,17);5H,1-4,6H2;1-2H3/t;5-;/m.1./s1. The van der Waals surface area contributed by atoms with Gasteiger partial charge in [-0.25, -0.2) is 4.98 Å². The zero-order valence-electron chi connectivity index (χ0n) is 16.1. The average Bonchev–Trinajstić information content (AvgIpc) is 3.38. The molecule has 0 unspecified atom stereocenters. The van der Waals surface area contributed by atoms with Crippen LogP contribution in [0.2, 0.25) is 5.15 Å². The minimum absolute atomic E-state index is 0.314. The number of ether oxygens (including phenoxy) is 1. The number of aromatic nitrogens is 1. The highest BCUT2D eigenvalue weighted by Gasteiger charge is 2.11. The minimum Gasteiger partial charge on any atom is -0.380 e. The van der Waals surface area contributed by atoms with Gasteiger partial charge in [-0.05, 0) is 24.3 Å². The predicted octanol–water partition coefficient (Wildman–Crippen LogP) is 5.65. The Balaban J connectivity index is 0.000000261. The first-order chi connectivity index (χ1) is 13.7. The number of nitrogens with two attached hydrogens (primary N) is 1. The van der Waals surface area contributed by atoms with E-state index in [0.717, 1.165) is 43.0 Å². The summed E-state index contributed by atoms with van der Waals surface area (Å²) in [6.07, 6.45) is 2.28. The van der Waals surface area contributed by atoms with Crippen molar-refractivity contribution in [3.8, 4) is 6.07 Å². The van der Waals surface area contributed by atoms with E-state index in [1.165, 1.54) is 16.2 Å². The summed E-state index contributed by atoms with van der Waals surface area (Å²) >= 11 is 9.23. The molecule has 1 atom stereocenters. The molecule has 4 rings (SSSR count). The summed E-state index contributed by atoms with van der Waals surface area (Å²) in [4.78, 5) is 5.48. The molecule has 0 radical (unpaired) electrons. The van der Waals surface area contributed by atoms with Crippen LogP contribution in [0.25, 0.3) is 10.2 Å². The Morgan fingerprint density at radius 1 is 1.43 bits per heavy atom. The molecule has 5 nitrogen and oxygen atoms in total. The molecule has 0 aliphatic carbocycles. The van der Waals surface area contributed by atoms with Crippen LogP contribution in [-0.4, -0.2) is 24.2 Å².